The van der Waals surface area contributed by atoms with E-state index in [4.69, 9.17) is 5.73 Å². The number of anilines is 3. The minimum atomic E-state index is 0.492. The lowest BCUT2D eigenvalue weighted by Gasteiger charge is -2.16. The lowest BCUT2D eigenvalue weighted by molar-refractivity contribution is 0.660. The van der Waals surface area contributed by atoms with E-state index in [1.807, 2.05) is 12.5 Å². The average Bonchev–Trinajstić information content (AvgIpc) is 3.20. The molecule has 0 spiro atoms. The summed E-state index contributed by atoms with van der Waals surface area (Å²) in [5.74, 6) is 1.46. The first-order chi connectivity index (χ1) is 10.8. The van der Waals surface area contributed by atoms with Crippen molar-refractivity contribution in [1.82, 2.24) is 19.5 Å². The molecule has 2 heterocycles. The van der Waals surface area contributed by atoms with Gasteiger partial charge < -0.3 is 20.9 Å². The Morgan fingerprint density at radius 2 is 2.05 bits per heavy atom. The zero-order chi connectivity index (χ0) is 15.2. The molecule has 0 unspecified atom stereocenters. The Balaban J connectivity index is 1.52. The third-order valence-corrected chi connectivity index (χ3v) is 4.02. The molecule has 3 rings (SSSR count). The van der Waals surface area contributed by atoms with Crippen LogP contribution in [0.1, 0.15) is 32.1 Å². The molecule has 2 aromatic heterocycles. The molecule has 1 fully saturated rings. The van der Waals surface area contributed by atoms with Crippen LogP contribution in [0, 0.1) is 0 Å². The number of hydrogen-bond donors (Lipinski definition) is 3. The van der Waals surface area contributed by atoms with Gasteiger partial charge in [0.15, 0.2) is 11.6 Å². The summed E-state index contributed by atoms with van der Waals surface area (Å²) in [6.07, 6.45) is 13.1. The Kier molecular flexibility index (Phi) is 4.72. The number of hydrogen-bond acceptors (Lipinski definition) is 6. The fraction of sp³-hybridized carbons (Fsp3) is 0.533. The molecule has 2 aromatic rings. The van der Waals surface area contributed by atoms with Crippen LogP contribution in [0.2, 0.25) is 0 Å². The lowest BCUT2D eigenvalue weighted by Crippen LogP contribution is -2.18. The van der Waals surface area contributed by atoms with Crippen LogP contribution >= 0.6 is 0 Å². The van der Waals surface area contributed by atoms with Crippen LogP contribution in [0.25, 0.3) is 0 Å². The predicted molar refractivity (Wildman–Crippen MR) is 87.7 cm³/mol. The average molecular weight is 301 g/mol. The van der Waals surface area contributed by atoms with Gasteiger partial charge in [-0.25, -0.2) is 15.0 Å². The first-order valence-electron chi connectivity index (χ1n) is 7.89. The van der Waals surface area contributed by atoms with E-state index < -0.39 is 0 Å². The number of nitrogens with two attached hydrogens (primary N) is 1. The van der Waals surface area contributed by atoms with Crippen molar-refractivity contribution in [3.8, 4) is 0 Å². The standard InChI is InChI=1S/C15H23N7/c16-13-14(18-6-3-8-22-9-7-17-11-22)19-10-20-15(13)21-12-4-1-2-5-12/h7,9-12H,1-6,8,16H2,(H2,18,19,20,21). The SMILES string of the molecule is Nc1c(NCCCn2ccnc2)ncnc1NC1CCCC1. The summed E-state index contributed by atoms with van der Waals surface area (Å²) < 4.78 is 2.05. The first kappa shape index (κ1) is 14.6. The van der Waals surface area contributed by atoms with Gasteiger partial charge in [-0.05, 0) is 19.3 Å². The van der Waals surface area contributed by atoms with Crippen LogP contribution in [-0.4, -0.2) is 32.1 Å². The molecule has 0 bridgehead atoms. The van der Waals surface area contributed by atoms with E-state index in [9.17, 15) is 0 Å². The fourth-order valence-electron chi connectivity index (χ4n) is 2.80. The summed E-state index contributed by atoms with van der Waals surface area (Å²) in [4.78, 5) is 12.5. The maximum absolute atomic E-state index is 6.17. The maximum atomic E-state index is 6.17. The van der Waals surface area contributed by atoms with Gasteiger partial charge in [0.2, 0.25) is 0 Å². The number of aryl methyl sites for hydroxylation is 1. The molecular weight excluding hydrogens is 278 g/mol. The van der Waals surface area contributed by atoms with Crippen molar-refractivity contribution in [3.63, 3.8) is 0 Å². The zero-order valence-electron chi connectivity index (χ0n) is 12.7. The molecule has 0 radical (unpaired) electrons. The second kappa shape index (κ2) is 7.11. The highest BCUT2D eigenvalue weighted by Gasteiger charge is 2.17. The molecule has 22 heavy (non-hydrogen) atoms. The molecule has 1 saturated carbocycles. The normalized spacial score (nSPS) is 15.1. The van der Waals surface area contributed by atoms with Crippen molar-refractivity contribution < 1.29 is 0 Å². The van der Waals surface area contributed by atoms with Gasteiger partial charge in [-0.2, -0.15) is 0 Å². The van der Waals surface area contributed by atoms with Crippen molar-refractivity contribution in [2.45, 2.75) is 44.7 Å². The fourth-order valence-corrected chi connectivity index (χ4v) is 2.80. The Labute approximate surface area is 130 Å². The maximum Gasteiger partial charge on any atom is 0.155 e. The third-order valence-electron chi connectivity index (χ3n) is 4.02. The quantitative estimate of drug-likeness (QED) is 0.678. The number of rotatable bonds is 7. The van der Waals surface area contributed by atoms with E-state index in [0.29, 0.717) is 17.5 Å². The second-order valence-electron chi connectivity index (χ2n) is 5.69. The number of nitrogen functional groups attached to an aromatic ring is 1. The van der Waals surface area contributed by atoms with Crippen molar-refractivity contribution in [2.24, 2.45) is 0 Å². The third kappa shape index (κ3) is 3.66. The lowest BCUT2D eigenvalue weighted by atomic mass is 10.2. The molecule has 0 aromatic carbocycles. The molecule has 0 amide bonds. The number of aromatic nitrogens is 4. The van der Waals surface area contributed by atoms with Crippen LogP contribution in [0.15, 0.2) is 25.0 Å². The van der Waals surface area contributed by atoms with Crippen LogP contribution in [-0.2, 0) is 6.54 Å². The van der Waals surface area contributed by atoms with Crippen molar-refractivity contribution in [2.75, 3.05) is 22.9 Å². The molecule has 0 saturated heterocycles. The summed E-state index contributed by atoms with van der Waals surface area (Å²) in [6.45, 7) is 1.73. The Morgan fingerprint density at radius 3 is 2.82 bits per heavy atom. The van der Waals surface area contributed by atoms with Gasteiger partial charge in [0, 0.05) is 31.5 Å². The smallest absolute Gasteiger partial charge is 0.155 e. The van der Waals surface area contributed by atoms with Gasteiger partial charge in [-0.15, -0.1) is 0 Å². The number of nitrogens with one attached hydrogen (secondary N) is 2. The van der Waals surface area contributed by atoms with Gasteiger partial charge in [-0.1, -0.05) is 12.8 Å². The summed E-state index contributed by atoms with van der Waals surface area (Å²) >= 11 is 0. The number of imidazole rings is 1. The van der Waals surface area contributed by atoms with Gasteiger partial charge in [0.1, 0.15) is 12.0 Å². The van der Waals surface area contributed by atoms with Crippen molar-refractivity contribution in [3.05, 3.63) is 25.0 Å². The largest absolute Gasteiger partial charge is 0.393 e. The number of nitrogens with zero attached hydrogens (tertiary/aromatic N) is 4. The molecule has 118 valence electrons. The topological polar surface area (TPSA) is 93.7 Å². The van der Waals surface area contributed by atoms with Gasteiger partial charge >= 0.3 is 0 Å². The Bertz CT molecular complexity index is 576. The van der Waals surface area contributed by atoms with E-state index in [0.717, 1.165) is 25.3 Å². The van der Waals surface area contributed by atoms with Crippen LogP contribution in [0.5, 0.6) is 0 Å². The van der Waals surface area contributed by atoms with Crippen LogP contribution < -0.4 is 16.4 Å². The molecule has 7 nitrogen and oxygen atoms in total. The Morgan fingerprint density at radius 1 is 1.23 bits per heavy atom. The molecule has 4 N–H and O–H groups in total. The molecule has 0 aliphatic heterocycles. The van der Waals surface area contributed by atoms with Crippen LogP contribution in [0.4, 0.5) is 17.3 Å². The van der Waals surface area contributed by atoms with E-state index in [-0.39, 0.29) is 0 Å². The highest BCUT2D eigenvalue weighted by atomic mass is 15.1. The summed E-state index contributed by atoms with van der Waals surface area (Å²) in [5, 5.41) is 6.72. The van der Waals surface area contributed by atoms with Crippen molar-refractivity contribution in [1.29, 1.82) is 0 Å². The first-order valence-corrected chi connectivity index (χ1v) is 7.89. The molecule has 7 heteroatoms. The highest BCUT2D eigenvalue weighted by molar-refractivity contribution is 5.74. The highest BCUT2D eigenvalue weighted by Crippen LogP contribution is 2.27. The van der Waals surface area contributed by atoms with Crippen LogP contribution in [0.3, 0.4) is 0 Å². The minimum Gasteiger partial charge on any atom is -0.393 e. The zero-order valence-corrected chi connectivity index (χ0v) is 12.7. The van der Waals surface area contributed by atoms with E-state index in [1.54, 1.807) is 12.5 Å². The monoisotopic (exact) mass is 301 g/mol. The minimum absolute atomic E-state index is 0.492. The molecule has 1 aliphatic rings. The predicted octanol–water partition coefficient (Wildman–Crippen LogP) is 2.11. The van der Waals surface area contributed by atoms with E-state index >= 15 is 0 Å². The molecule has 0 atom stereocenters. The van der Waals surface area contributed by atoms with Crippen molar-refractivity contribution >= 4 is 17.3 Å². The summed E-state index contributed by atoms with van der Waals surface area (Å²) in [5.41, 5.74) is 6.78. The Hall–Kier alpha value is -2.31. The van der Waals surface area contributed by atoms with Gasteiger partial charge in [0.25, 0.3) is 0 Å². The summed E-state index contributed by atoms with van der Waals surface area (Å²) in [7, 11) is 0. The molecule has 1 aliphatic carbocycles. The molecular formula is C15H23N7. The van der Waals surface area contributed by atoms with E-state index in [2.05, 4.69) is 30.2 Å². The summed E-state index contributed by atoms with van der Waals surface area (Å²) in [6, 6.07) is 0.492. The van der Waals surface area contributed by atoms with E-state index in [1.165, 1.54) is 25.7 Å². The second-order valence-corrected chi connectivity index (χ2v) is 5.69. The van der Waals surface area contributed by atoms with Gasteiger partial charge in [0.05, 0.1) is 6.33 Å². The van der Waals surface area contributed by atoms with Gasteiger partial charge in [-0.3, -0.25) is 0 Å².